The fraction of sp³-hybridized carbons (Fsp3) is 0.467. The van der Waals surface area contributed by atoms with E-state index in [1.165, 1.54) is 17.0 Å². The second-order valence-electron chi connectivity index (χ2n) is 5.20. The third-order valence-corrected chi connectivity index (χ3v) is 3.68. The smallest absolute Gasteiger partial charge is 0.305 e. The average Bonchev–Trinajstić information content (AvgIpc) is 2.81. The van der Waals surface area contributed by atoms with Crippen LogP contribution in [0.2, 0.25) is 0 Å². The molecular weight excluding hydrogens is 277 g/mol. The van der Waals surface area contributed by atoms with Crippen molar-refractivity contribution in [3.05, 3.63) is 35.6 Å². The van der Waals surface area contributed by atoms with Crippen molar-refractivity contribution in [3.8, 4) is 0 Å². The van der Waals surface area contributed by atoms with Crippen LogP contribution in [0.25, 0.3) is 0 Å². The first kappa shape index (κ1) is 15.4. The van der Waals surface area contributed by atoms with Gasteiger partial charge in [0.05, 0.1) is 18.9 Å². The number of nitrogens with zero attached hydrogens (tertiary/aromatic N) is 1. The Hall–Kier alpha value is -1.95. The summed E-state index contributed by atoms with van der Waals surface area (Å²) in [6, 6.07) is 5.49. The molecule has 1 fully saturated rings. The molecule has 1 saturated heterocycles. The number of ether oxygens (including phenoxy) is 1. The number of hydrogen-bond acceptors (Lipinski definition) is 3. The Morgan fingerprint density at radius 1 is 1.48 bits per heavy atom. The quantitative estimate of drug-likeness (QED) is 0.893. The van der Waals surface area contributed by atoms with Crippen LogP contribution in [-0.2, 0) is 20.7 Å². The van der Waals surface area contributed by atoms with Crippen LogP contribution in [0.3, 0.4) is 0 Å². The number of rotatable bonds is 5. The molecule has 21 heavy (non-hydrogen) atoms. The molecule has 0 aromatic heterocycles. The lowest BCUT2D eigenvalue weighted by Crippen LogP contribution is -2.38. The lowest BCUT2D eigenvalue weighted by atomic mass is 10.1. The van der Waals surface area contributed by atoms with Gasteiger partial charge >= 0.3 is 5.97 Å². The maximum atomic E-state index is 13.1. The zero-order valence-electron chi connectivity index (χ0n) is 11.8. The molecule has 6 heteroatoms. The first-order chi connectivity index (χ1) is 9.99. The Bertz CT molecular complexity index is 534. The molecule has 0 radical (unpaired) electrons. The first-order valence-corrected chi connectivity index (χ1v) is 6.78. The zero-order valence-corrected chi connectivity index (χ0v) is 11.8. The third-order valence-electron chi connectivity index (χ3n) is 3.68. The van der Waals surface area contributed by atoms with Crippen molar-refractivity contribution in [2.75, 3.05) is 13.7 Å². The normalized spacial score (nSPS) is 21.5. The molecule has 2 atom stereocenters. The minimum atomic E-state index is -0.944. The van der Waals surface area contributed by atoms with Gasteiger partial charge in [-0.3, -0.25) is 9.59 Å². The van der Waals surface area contributed by atoms with Crippen LogP contribution in [0.4, 0.5) is 4.39 Å². The summed E-state index contributed by atoms with van der Waals surface area (Å²) in [6.45, 7) is 0.378. The van der Waals surface area contributed by atoms with E-state index in [0.29, 0.717) is 18.5 Å². The number of benzene rings is 1. The monoisotopic (exact) mass is 295 g/mol. The molecule has 2 unspecified atom stereocenters. The molecular formula is C15H18FNO4. The summed E-state index contributed by atoms with van der Waals surface area (Å²) in [4.78, 5) is 24.8. The summed E-state index contributed by atoms with van der Waals surface area (Å²) in [6.07, 6.45) is 0.322. The van der Waals surface area contributed by atoms with Gasteiger partial charge in [0.2, 0.25) is 5.91 Å². The number of amides is 1. The Labute approximate surface area is 122 Å². The highest BCUT2D eigenvalue weighted by Gasteiger charge is 2.36. The number of carboxylic acids is 1. The van der Waals surface area contributed by atoms with Crippen LogP contribution in [0.15, 0.2) is 24.3 Å². The summed E-state index contributed by atoms with van der Waals surface area (Å²) in [5, 5.41) is 8.93. The summed E-state index contributed by atoms with van der Waals surface area (Å²) in [5.74, 6) is -1.54. The fourth-order valence-electron chi connectivity index (χ4n) is 2.67. The van der Waals surface area contributed by atoms with E-state index < -0.39 is 11.8 Å². The van der Waals surface area contributed by atoms with Gasteiger partial charge in [0.25, 0.3) is 0 Å². The molecule has 1 aliphatic rings. The number of carbonyl (C=O) groups excluding carboxylic acids is 1. The average molecular weight is 295 g/mol. The standard InChI is InChI=1S/C15H18FNO4/c1-21-13-7-12(8-15(19)20)17(9-13)14(18)6-10-3-2-4-11(16)5-10/h2-5,12-13H,6-9H2,1H3,(H,19,20). The number of halogens is 1. The summed E-state index contributed by atoms with van der Waals surface area (Å²) in [7, 11) is 1.54. The molecule has 1 amide bonds. The summed E-state index contributed by atoms with van der Waals surface area (Å²) >= 11 is 0. The molecule has 2 rings (SSSR count). The predicted molar refractivity (Wildman–Crippen MR) is 73.3 cm³/mol. The lowest BCUT2D eigenvalue weighted by Gasteiger charge is -2.23. The molecule has 1 aromatic rings. The Kier molecular flexibility index (Phi) is 4.90. The SMILES string of the molecule is COC1CC(CC(=O)O)N(C(=O)Cc2cccc(F)c2)C1. The van der Waals surface area contributed by atoms with Gasteiger partial charge in [-0.15, -0.1) is 0 Å². The van der Waals surface area contributed by atoms with Crippen LogP contribution in [0, 0.1) is 5.82 Å². The van der Waals surface area contributed by atoms with Crippen molar-refractivity contribution in [2.45, 2.75) is 31.4 Å². The van der Waals surface area contributed by atoms with Crippen molar-refractivity contribution in [2.24, 2.45) is 0 Å². The minimum Gasteiger partial charge on any atom is -0.481 e. The van der Waals surface area contributed by atoms with Crippen molar-refractivity contribution in [3.63, 3.8) is 0 Å². The Balaban J connectivity index is 2.06. The number of likely N-dealkylation sites (tertiary alicyclic amines) is 1. The van der Waals surface area contributed by atoms with Gasteiger partial charge in [0.15, 0.2) is 0 Å². The molecule has 5 nitrogen and oxygen atoms in total. The highest BCUT2D eigenvalue weighted by atomic mass is 19.1. The molecule has 0 saturated carbocycles. The van der Waals surface area contributed by atoms with E-state index in [2.05, 4.69) is 0 Å². The highest BCUT2D eigenvalue weighted by Crippen LogP contribution is 2.23. The second kappa shape index (κ2) is 6.67. The number of aliphatic carboxylic acids is 1. The molecule has 114 valence electrons. The van der Waals surface area contributed by atoms with Gasteiger partial charge in [-0.2, -0.15) is 0 Å². The van der Waals surface area contributed by atoms with Gasteiger partial charge in [0, 0.05) is 19.7 Å². The predicted octanol–water partition coefficient (Wildman–Crippen LogP) is 1.46. The van der Waals surface area contributed by atoms with Crippen LogP contribution in [0.1, 0.15) is 18.4 Å². The van der Waals surface area contributed by atoms with Crippen molar-refractivity contribution < 1.29 is 23.8 Å². The maximum absolute atomic E-state index is 13.1. The van der Waals surface area contributed by atoms with Gasteiger partial charge in [-0.25, -0.2) is 4.39 Å². The third kappa shape index (κ3) is 4.01. The maximum Gasteiger partial charge on any atom is 0.305 e. The molecule has 0 spiro atoms. The topological polar surface area (TPSA) is 66.8 Å². The van der Waals surface area contributed by atoms with Crippen LogP contribution in [0.5, 0.6) is 0 Å². The van der Waals surface area contributed by atoms with Gasteiger partial charge in [-0.1, -0.05) is 12.1 Å². The molecule has 0 aliphatic carbocycles. The second-order valence-corrected chi connectivity index (χ2v) is 5.20. The van der Waals surface area contributed by atoms with E-state index >= 15 is 0 Å². The van der Waals surface area contributed by atoms with E-state index in [9.17, 15) is 14.0 Å². The van der Waals surface area contributed by atoms with Crippen LogP contribution >= 0.6 is 0 Å². The lowest BCUT2D eigenvalue weighted by molar-refractivity contribution is -0.139. The molecule has 1 aliphatic heterocycles. The Morgan fingerprint density at radius 2 is 2.24 bits per heavy atom. The number of carboxylic acid groups (broad SMARTS) is 1. The largest absolute Gasteiger partial charge is 0.481 e. The van der Waals surface area contributed by atoms with Crippen molar-refractivity contribution in [1.82, 2.24) is 4.90 Å². The van der Waals surface area contributed by atoms with Gasteiger partial charge in [-0.05, 0) is 24.1 Å². The minimum absolute atomic E-state index is 0.0598. The van der Waals surface area contributed by atoms with E-state index in [-0.39, 0.29) is 30.9 Å². The fourth-order valence-corrected chi connectivity index (χ4v) is 2.67. The zero-order chi connectivity index (χ0) is 15.4. The summed E-state index contributed by atoms with van der Waals surface area (Å²) in [5.41, 5.74) is 0.579. The van der Waals surface area contributed by atoms with E-state index in [0.717, 1.165) is 0 Å². The number of hydrogen-bond donors (Lipinski definition) is 1. The van der Waals surface area contributed by atoms with Crippen molar-refractivity contribution in [1.29, 1.82) is 0 Å². The van der Waals surface area contributed by atoms with Crippen LogP contribution < -0.4 is 0 Å². The van der Waals surface area contributed by atoms with E-state index in [1.54, 1.807) is 19.2 Å². The molecule has 1 heterocycles. The highest BCUT2D eigenvalue weighted by molar-refractivity contribution is 5.80. The van der Waals surface area contributed by atoms with Gasteiger partial charge < -0.3 is 14.7 Å². The van der Waals surface area contributed by atoms with Gasteiger partial charge in [0.1, 0.15) is 5.82 Å². The Morgan fingerprint density at radius 3 is 2.86 bits per heavy atom. The van der Waals surface area contributed by atoms with E-state index in [1.807, 2.05) is 0 Å². The molecule has 1 N–H and O–H groups in total. The number of carbonyl (C=O) groups is 2. The molecule has 0 bridgehead atoms. The first-order valence-electron chi connectivity index (χ1n) is 6.78. The summed E-state index contributed by atoms with van der Waals surface area (Å²) < 4.78 is 18.4. The number of methoxy groups -OCH3 is 1. The van der Waals surface area contributed by atoms with Crippen molar-refractivity contribution >= 4 is 11.9 Å². The van der Waals surface area contributed by atoms with E-state index in [4.69, 9.17) is 9.84 Å². The van der Waals surface area contributed by atoms with Crippen LogP contribution in [-0.4, -0.2) is 47.7 Å². The molecule has 1 aromatic carbocycles.